The molecule has 1 aromatic carbocycles. The molecular formula is C16H27NO2. The molecule has 0 amide bonds. The van der Waals surface area contributed by atoms with Gasteiger partial charge in [-0.25, -0.2) is 0 Å². The minimum absolute atomic E-state index is 0.178. The van der Waals surface area contributed by atoms with Crippen LogP contribution >= 0.6 is 0 Å². The Morgan fingerprint density at radius 3 is 2.58 bits per heavy atom. The van der Waals surface area contributed by atoms with E-state index in [-0.39, 0.29) is 12.1 Å². The van der Waals surface area contributed by atoms with Gasteiger partial charge < -0.3 is 15.2 Å². The van der Waals surface area contributed by atoms with Gasteiger partial charge in [-0.1, -0.05) is 26.3 Å². The molecule has 108 valence electrons. The van der Waals surface area contributed by atoms with Crippen LogP contribution in [-0.4, -0.2) is 19.3 Å². The van der Waals surface area contributed by atoms with Gasteiger partial charge in [0.2, 0.25) is 0 Å². The first-order valence-corrected chi connectivity index (χ1v) is 7.19. The third kappa shape index (κ3) is 5.11. The highest BCUT2D eigenvalue weighted by atomic mass is 16.5. The molecule has 0 bridgehead atoms. The molecule has 0 aromatic heterocycles. The molecule has 0 saturated carbocycles. The second-order valence-electron chi connectivity index (χ2n) is 5.06. The van der Waals surface area contributed by atoms with Crippen molar-refractivity contribution < 1.29 is 9.47 Å². The maximum absolute atomic E-state index is 6.05. The smallest absolute Gasteiger partial charge is 0.126 e. The first-order chi connectivity index (χ1) is 9.10. The number of rotatable bonds is 8. The van der Waals surface area contributed by atoms with E-state index in [0.29, 0.717) is 0 Å². The van der Waals surface area contributed by atoms with E-state index in [9.17, 15) is 0 Å². The Balaban J connectivity index is 2.88. The van der Waals surface area contributed by atoms with Gasteiger partial charge >= 0.3 is 0 Å². The molecule has 0 fully saturated rings. The van der Waals surface area contributed by atoms with Crippen molar-refractivity contribution in [3.8, 4) is 11.5 Å². The zero-order valence-corrected chi connectivity index (χ0v) is 12.6. The van der Waals surface area contributed by atoms with Crippen LogP contribution in [0.1, 0.15) is 45.6 Å². The van der Waals surface area contributed by atoms with Gasteiger partial charge in [-0.05, 0) is 37.8 Å². The molecule has 1 aromatic rings. The first kappa shape index (κ1) is 15.8. The van der Waals surface area contributed by atoms with Gasteiger partial charge in [0.25, 0.3) is 0 Å². The van der Waals surface area contributed by atoms with Gasteiger partial charge in [-0.15, -0.1) is 0 Å². The van der Waals surface area contributed by atoms with Gasteiger partial charge in [-0.2, -0.15) is 0 Å². The minimum atomic E-state index is 0.178. The number of ether oxygens (including phenoxy) is 2. The summed E-state index contributed by atoms with van der Waals surface area (Å²) in [7, 11) is 1.67. The molecule has 0 radical (unpaired) electrons. The Hall–Kier alpha value is -1.22. The summed E-state index contributed by atoms with van der Waals surface area (Å²) in [5, 5.41) is 0. The highest BCUT2D eigenvalue weighted by molar-refractivity contribution is 5.41. The zero-order valence-electron chi connectivity index (χ0n) is 12.6. The molecule has 2 atom stereocenters. The van der Waals surface area contributed by atoms with E-state index in [0.717, 1.165) is 42.7 Å². The predicted octanol–water partition coefficient (Wildman–Crippen LogP) is 3.54. The minimum Gasteiger partial charge on any atom is -0.497 e. The van der Waals surface area contributed by atoms with Gasteiger partial charge in [0.1, 0.15) is 11.5 Å². The van der Waals surface area contributed by atoms with Crippen LogP contribution in [0, 0.1) is 0 Å². The van der Waals surface area contributed by atoms with Gasteiger partial charge in [-0.3, -0.25) is 0 Å². The van der Waals surface area contributed by atoms with Crippen molar-refractivity contribution in [2.45, 2.75) is 58.6 Å². The van der Waals surface area contributed by atoms with Crippen LogP contribution in [-0.2, 0) is 6.42 Å². The normalized spacial score (nSPS) is 13.9. The van der Waals surface area contributed by atoms with E-state index in [1.54, 1.807) is 7.11 Å². The maximum atomic E-state index is 6.05. The summed E-state index contributed by atoms with van der Waals surface area (Å²) in [4.78, 5) is 0. The van der Waals surface area contributed by atoms with Crippen molar-refractivity contribution in [3.05, 3.63) is 23.8 Å². The van der Waals surface area contributed by atoms with Gasteiger partial charge in [0, 0.05) is 12.1 Å². The molecule has 0 saturated heterocycles. The fraction of sp³-hybridized carbons (Fsp3) is 0.625. The summed E-state index contributed by atoms with van der Waals surface area (Å²) >= 11 is 0. The lowest BCUT2D eigenvalue weighted by molar-refractivity contribution is 0.206. The molecule has 0 heterocycles. The van der Waals surface area contributed by atoms with Crippen molar-refractivity contribution in [1.29, 1.82) is 0 Å². The van der Waals surface area contributed by atoms with Crippen molar-refractivity contribution >= 4 is 0 Å². The fourth-order valence-electron chi connectivity index (χ4n) is 2.05. The molecule has 2 unspecified atom stereocenters. The number of nitrogens with two attached hydrogens (primary N) is 1. The third-order valence-corrected chi connectivity index (χ3v) is 3.30. The maximum Gasteiger partial charge on any atom is 0.126 e. The Labute approximate surface area is 117 Å². The van der Waals surface area contributed by atoms with Crippen LogP contribution in [0.4, 0.5) is 0 Å². The molecule has 19 heavy (non-hydrogen) atoms. The number of hydrogen-bond donors (Lipinski definition) is 1. The fourth-order valence-corrected chi connectivity index (χ4v) is 2.05. The summed E-state index contributed by atoms with van der Waals surface area (Å²) in [6.45, 7) is 6.38. The molecule has 0 aliphatic carbocycles. The van der Waals surface area contributed by atoms with Gasteiger partial charge in [0.05, 0.1) is 13.2 Å². The Morgan fingerprint density at radius 1 is 1.26 bits per heavy atom. The molecule has 1 rings (SSSR count). The summed E-state index contributed by atoms with van der Waals surface area (Å²) in [5.41, 5.74) is 7.21. The molecule has 2 N–H and O–H groups in total. The van der Waals surface area contributed by atoms with Crippen LogP contribution in [0.3, 0.4) is 0 Å². The summed E-state index contributed by atoms with van der Waals surface area (Å²) in [6, 6.07) is 6.17. The Bertz CT molecular complexity index is 379. The van der Waals surface area contributed by atoms with Crippen molar-refractivity contribution in [3.63, 3.8) is 0 Å². The predicted molar refractivity (Wildman–Crippen MR) is 80.0 cm³/mol. The quantitative estimate of drug-likeness (QED) is 0.782. The van der Waals surface area contributed by atoms with E-state index in [1.165, 1.54) is 0 Å². The summed E-state index contributed by atoms with van der Waals surface area (Å²) in [6.07, 6.45) is 4.20. The van der Waals surface area contributed by atoms with Crippen LogP contribution in [0.2, 0.25) is 0 Å². The van der Waals surface area contributed by atoms with E-state index < -0.39 is 0 Å². The standard InChI is InChI=1S/C16H27NO2/c1-5-7-12(3)19-16-11-15(18-4)9-8-13(16)10-14(17)6-2/h8-9,11-12,14H,5-7,10,17H2,1-4H3. The monoisotopic (exact) mass is 265 g/mol. The summed E-state index contributed by atoms with van der Waals surface area (Å²) in [5.74, 6) is 1.73. The number of benzene rings is 1. The molecule has 3 nitrogen and oxygen atoms in total. The Morgan fingerprint density at radius 2 is 2.00 bits per heavy atom. The highest BCUT2D eigenvalue weighted by Crippen LogP contribution is 2.27. The van der Waals surface area contributed by atoms with Crippen molar-refractivity contribution in [2.75, 3.05) is 7.11 Å². The lowest BCUT2D eigenvalue weighted by Gasteiger charge is -2.19. The highest BCUT2D eigenvalue weighted by Gasteiger charge is 2.12. The van der Waals surface area contributed by atoms with Gasteiger partial charge in [0.15, 0.2) is 0 Å². The molecule has 0 aliphatic rings. The molecular weight excluding hydrogens is 238 g/mol. The van der Waals surface area contributed by atoms with E-state index >= 15 is 0 Å². The second-order valence-corrected chi connectivity index (χ2v) is 5.06. The first-order valence-electron chi connectivity index (χ1n) is 7.19. The molecule has 0 aliphatic heterocycles. The largest absolute Gasteiger partial charge is 0.497 e. The number of methoxy groups -OCH3 is 1. The van der Waals surface area contributed by atoms with Crippen LogP contribution < -0.4 is 15.2 Å². The Kier molecular flexibility index (Phi) is 6.71. The van der Waals surface area contributed by atoms with Crippen molar-refractivity contribution in [1.82, 2.24) is 0 Å². The third-order valence-electron chi connectivity index (χ3n) is 3.30. The lowest BCUT2D eigenvalue weighted by atomic mass is 10.0. The SMILES string of the molecule is CCCC(C)Oc1cc(OC)ccc1CC(N)CC. The zero-order chi connectivity index (χ0) is 14.3. The lowest BCUT2D eigenvalue weighted by Crippen LogP contribution is -2.22. The average Bonchev–Trinajstić information content (AvgIpc) is 2.40. The van der Waals surface area contributed by atoms with E-state index in [4.69, 9.17) is 15.2 Å². The van der Waals surface area contributed by atoms with Crippen LogP contribution in [0.25, 0.3) is 0 Å². The molecule has 3 heteroatoms. The molecule has 0 spiro atoms. The van der Waals surface area contributed by atoms with Crippen molar-refractivity contribution in [2.24, 2.45) is 5.73 Å². The topological polar surface area (TPSA) is 44.5 Å². The van der Waals surface area contributed by atoms with Crippen LogP contribution in [0.5, 0.6) is 11.5 Å². The van der Waals surface area contributed by atoms with E-state index in [1.807, 2.05) is 12.1 Å². The summed E-state index contributed by atoms with van der Waals surface area (Å²) < 4.78 is 11.3. The second kappa shape index (κ2) is 8.05. The number of hydrogen-bond acceptors (Lipinski definition) is 3. The average molecular weight is 265 g/mol. The van der Waals surface area contributed by atoms with Crippen LogP contribution in [0.15, 0.2) is 18.2 Å². The van der Waals surface area contributed by atoms with E-state index in [2.05, 4.69) is 26.8 Å².